The van der Waals surface area contributed by atoms with Crippen molar-refractivity contribution in [2.24, 2.45) is 5.41 Å². The third-order valence-corrected chi connectivity index (χ3v) is 7.45. The average Bonchev–Trinajstić information content (AvgIpc) is 2.97. The number of ether oxygens (including phenoxy) is 1. The molecule has 2 aromatic carbocycles. The zero-order valence-corrected chi connectivity index (χ0v) is 31.1. The van der Waals surface area contributed by atoms with Gasteiger partial charge in [0, 0.05) is 43.3 Å². The molecule has 0 saturated carbocycles. The number of aryl methyl sites for hydroxylation is 1. The normalized spacial score (nSPS) is 11.8. The molecule has 0 aromatic heterocycles. The lowest BCUT2D eigenvalue weighted by atomic mass is 9.86. The fourth-order valence-corrected chi connectivity index (χ4v) is 4.83. The van der Waals surface area contributed by atoms with Gasteiger partial charge in [-0.2, -0.15) is 0 Å². The van der Waals surface area contributed by atoms with Crippen molar-refractivity contribution >= 4 is 41.2 Å². The highest BCUT2D eigenvalue weighted by Gasteiger charge is 2.27. The van der Waals surface area contributed by atoms with E-state index in [4.69, 9.17) is 26.9 Å². The number of hydrogen-bond acceptors (Lipinski definition) is 6. The molecule has 0 aliphatic heterocycles. The second kappa shape index (κ2) is 19.2. The summed E-state index contributed by atoms with van der Waals surface area (Å²) in [5.74, 6) is -1.75. The van der Waals surface area contributed by atoms with Crippen molar-refractivity contribution in [1.82, 2.24) is 15.1 Å². The van der Waals surface area contributed by atoms with E-state index in [1.165, 1.54) is 0 Å². The Morgan fingerprint density at radius 2 is 1.58 bits per heavy atom. The number of carbonyl (C=O) groups is 4. The summed E-state index contributed by atoms with van der Waals surface area (Å²) in [6.45, 7) is 16.8. The standard InChI is InChI=1S/C27H34ClN3O4.C10H21NO2/c1-17-14-20(16-21(28)15-17)24(29)26(35)31(5)22(10-12-27(2,3)4)18-6-8-19(9-7-18)25(34)30-13-11-23(32)33;1-6-7-8-11(5)9(12)13-10(2,3)4/h6-9,14-16,22,29H,10-13H2,1-5H3,(H,30,34)(H,32,33);6-8H2,1-5H3. The summed E-state index contributed by atoms with van der Waals surface area (Å²) in [5.41, 5.74) is 2.12. The zero-order valence-electron chi connectivity index (χ0n) is 30.3. The Labute approximate surface area is 291 Å². The maximum atomic E-state index is 13.3. The summed E-state index contributed by atoms with van der Waals surface area (Å²) in [7, 11) is 3.46. The third kappa shape index (κ3) is 15.8. The van der Waals surface area contributed by atoms with Gasteiger partial charge in [0.05, 0.1) is 12.5 Å². The Bertz CT molecular complexity index is 1380. The summed E-state index contributed by atoms with van der Waals surface area (Å²) in [6.07, 6.45) is 3.25. The lowest BCUT2D eigenvalue weighted by Gasteiger charge is -2.31. The number of halogens is 1. The van der Waals surface area contributed by atoms with E-state index in [0.717, 1.165) is 36.9 Å². The van der Waals surface area contributed by atoms with Crippen molar-refractivity contribution < 1.29 is 29.0 Å². The minimum atomic E-state index is -0.978. The molecule has 0 aliphatic carbocycles. The molecule has 0 aliphatic rings. The van der Waals surface area contributed by atoms with E-state index in [0.29, 0.717) is 22.6 Å². The van der Waals surface area contributed by atoms with Crippen molar-refractivity contribution in [3.8, 4) is 0 Å². The predicted octanol–water partition coefficient (Wildman–Crippen LogP) is 7.90. The fraction of sp³-hybridized carbons (Fsp3) is 0.541. The quantitative estimate of drug-likeness (QED) is 0.183. The van der Waals surface area contributed by atoms with E-state index >= 15 is 0 Å². The first-order chi connectivity index (χ1) is 22.1. The second-order valence-electron chi connectivity index (χ2n) is 14.2. The summed E-state index contributed by atoms with van der Waals surface area (Å²) in [6, 6.07) is 11.8. The van der Waals surface area contributed by atoms with Crippen LogP contribution in [-0.2, 0) is 14.3 Å². The van der Waals surface area contributed by atoms with Gasteiger partial charge in [-0.05, 0) is 93.8 Å². The number of likely N-dealkylation sites (N-methyl/N-ethyl adjacent to an activating group) is 1. The van der Waals surface area contributed by atoms with Crippen LogP contribution in [0.25, 0.3) is 0 Å². The van der Waals surface area contributed by atoms with Crippen LogP contribution in [0.5, 0.6) is 0 Å². The molecule has 0 bridgehead atoms. The van der Waals surface area contributed by atoms with Gasteiger partial charge in [0.1, 0.15) is 11.3 Å². The molecule has 0 heterocycles. The Morgan fingerprint density at radius 3 is 2.08 bits per heavy atom. The number of aliphatic carboxylic acids is 1. The van der Waals surface area contributed by atoms with Gasteiger partial charge in [-0.15, -0.1) is 0 Å². The fourth-order valence-electron chi connectivity index (χ4n) is 4.54. The average molecular weight is 687 g/mol. The number of carboxylic acids is 1. The Balaban J connectivity index is 0.000000747. The molecule has 2 aromatic rings. The number of hydrogen-bond donors (Lipinski definition) is 3. The van der Waals surface area contributed by atoms with Crippen LogP contribution >= 0.6 is 11.6 Å². The second-order valence-corrected chi connectivity index (χ2v) is 14.6. The van der Waals surface area contributed by atoms with Gasteiger partial charge in [-0.1, -0.05) is 57.8 Å². The largest absolute Gasteiger partial charge is 0.481 e. The van der Waals surface area contributed by atoms with E-state index in [2.05, 4.69) is 33.0 Å². The number of nitrogens with zero attached hydrogens (tertiary/aromatic N) is 2. The van der Waals surface area contributed by atoms with Gasteiger partial charge in [-0.3, -0.25) is 19.8 Å². The molecule has 48 heavy (non-hydrogen) atoms. The highest BCUT2D eigenvalue weighted by atomic mass is 35.5. The molecule has 3 N–H and O–H groups in total. The van der Waals surface area contributed by atoms with Crippen LogP contribution in [0.3, 0.4) is 0 Å². The minimum Gasteiger partial charge on any atom is -0.481 e. The Kier molecular flexibility index (Phi) is 16.8. The van der Waals surface area contributed by atoms with Crippen LogP contribution in [0.15, 0.2) is 42.5 Å². The molecule has 1 atom stereocenters. The Morgan fingerprint density at radius 1 is 0.979 bits per heavy atom. The summed E-state index contributed by atoms with van der Waals surface area (Å²) >= 11 is 6.14. The molecule has 2 rings (SSSR count). The first-order valence-electron chi connectivity index (χ1n) is 16.3. The van der Waals surface area contributed by atoms with Crippen molar-refractivity contribution in [3.05, 3.63) is 69.7 Å². The first kappa shape index (κ1) is 42.1. The van der Waals surface area contributed by atoms with Crippen LogP contribution in [0.4, 0.5) is 4.79 Å². The number of amides is 3. The molecule has 10 nitrogen and oxygen atoms in total. The highest BCUT2D eigenvalue weighted by Crippen LogP contribution is 2.31. The molecule has 266 valence electrons. The van der Waals surface area contributed by atoms with E-state index in [-0.39, 0.29) is 42.1 Å². The molecule has 0 radical (unpaired) electrons. The number of carboxylic acid groups (broad SMARTS) is 1. The summed E-state index contributed by atoms with van der Waals surface area (Å²) in [4.78, 5) is 50.8. The lowest BCUT2D eigenvalue weighted by Crippen LogP contribution is -2.37. The van der Waals surface area contributed by atoms with Crippen LogP contribution in [-0.4, -0.2) is 77.3 Å². The number of carbonyl (C=O) groups excluding carboxylic acids is 3. The molecule has 11 heteroatoms. The van der Waals surface area contributed by atoms with Gasteiger partial charge >= 0.3 is 12.1 Å². The first-order valence-corrected chi connectivity index (χ1v) is 16.7. The molecule has 0 spiro atoms. The number of unbranched alkanes of at least 4 members (excludes halogenated alkanes) is 1. The zero-order chi connectivity index (χ0) is 36.8. The monoisotopic (exact) mass is 686 g/mol. The van der Waals surface area contributed by atoms with Gasteiger partial charge in [0.15, 0.2) is 0 Å². The van der Waals surface area contributed by atoms with Crippen LogP contribution < -0.4 is 5.32 Å². The van der Waals surface area contributed by atoms with E-state index in [1.807, 2.05) is 27.7 Å². The van der Waals surface area contributed by atoms with Gasteiger partial charge < -0.3 is 25.0 Å². The van der Waals surface area contributed by atoms with Crippen LogP contribution in [0, 0.1) is 17.7 Å². The predicted molar refractivity (Wildman–Crippen MR) is 192 cm³/mol. The molecule has 3 amide bonds. The van der Waals surface area contributed by atoms with Crippen molar-refractivity contribution in [2.75, 3.05) is 27.2 Å². The van der Waals surface area contributed by atoms with Crippen LogP contribution in [0.1, 0.15) is 114 Å². The van der Waals surface area contributed by atoms with E-state index in [1.54, 1.807) is 66.4 Å². The smallest absolute Gasteiger partial charge is 0.410 e. The van der Waals surface area contributed by atoms with Gasteiger partial charge in [0.2, 0.25) is 0 Å². The van der Waals surface area contributed by atoms with Crippen molar-refractivity contribution in [3.63, 3.8) is 0 Å². The number of benzene rings is 2. The van der Waals surface area contributed by atoms with E-state index in [9.17, 15) is 19.2 Å². The molecular weight excluding hydrogens is 632 g/mol. The van der Waals surface area contributed by atoms with Crippen LogP contribution in [0.2, 0.25) is 5.02 Å². The Hall–Kier alpha value is -3.92. The third-order valence-electron chi connectivity index (χ3n) is 7.23. The maximum Gasteiger partial charge on any atom is 0.410 e. The highest BCUT2D eigenvalue weighted by molar-refractivity contribution is 6.44. The molecule has 1 unspecified atom stereocenters. The molecular formula is C37H55ClN4O6. The van der Waals surface area contributed by atoms with Gasteiger partial charge in [-0.25, -0.2) is 4.79 Å². The number of nitrogens with one attached hydrogen (secondary N) is 2. The lowest BCUT2D eigenvalue weighted by molar-refractivity contribution is -0.136. The molecule has 0 fully saturated rings. The van der Waals surface area contributed by atoms with Gasteiger partial charge in [0.25, 0.3) is 11.8 Å². The summed E-state index contributed by atoms with van der Waals surface area (Å²) in [5, 5.41) is 20.3. The molecule has 0 saturated heterocycles. The maximum absolute atomic E-state index is 13.3. The number of rotatable bonds is 13. The van der Waals surface area contributed by atoms with E-state index < -0.39 is 17.5 Å². The minimum absolute atomic E-state index is 0.0453. The topological polar surface area (TPSA) is 140 Å². The SMILES string of the molecule is CCCCN(C)C(=O)OC(C)(C)C.Cc1cc(Cl)cc(C(=N)C(=O)N(C)C(CCC(C)(C)C)c2ccc(C(=O)NCCC(=O)O)cc2)c1. The van der Waals surface area contributed by atoms with Crippen molar-refractivity contribution in [1.29, 1.82) is 5.41 Å². The van der Waals surface area contributed by atoms with Crippen molar-refractivity contribution in [2.45, 2.75) is 99.1 Å². The summed E-state index contributed by atoms with van der Waals surface area (Å²) < 4.78 is 5.18.